The molecule has 0 saturated carbocycles. The number of hydrogen-bond donors (Lipinski definition) is 2. The molecule has 0 saturated heterocycles. The van der Waals surface area contributed by atoms with Crippen molar-refractivity contribution in [3.8, 4) is 10.6 Å². The Kier molecular flexibility index (Phi) is 7.44. The molecule has 2 N–H and O–H groups in total. The molecule has 166 valence electrons. The third-order valence-electron chi connectivity index (χ3n) is 4.91. The summed E-state index contributed by atoms with van der Waals surface area (Å²) in [6.45, 7) is 0. The van der Waals surface area contributed by atoms with E-state index in [1.165, 1.54) is 11.3 Å². The van der Waals surface area contributed by atoms with Crippen LogP contribution in [0.5, 0.6) is 0 Å². The standard InChI is InChI=1S/C25H21ClN4O2S/c26-21(18-12-6-2-7-13-18)23(32)27-20(16-17-10-4-1-5-11-17)22(31)28-25-30-29-24(33-25)19-14-8-3-9-15-19/h1-15,20-21H,16H2,(H,27,32)(H,28,30,31). The molecule has 1 aromatic heterocycles. The van der Waals surface area contributed by atoms with Gasteiger partial charge < -0.3 is 5.32 Å². The van der Waals surface area contributed by atoms with Crippen LogP contribution in [0.4, 0.5) is 5.13 Å². The highest BCUT2D eigenvalue weighted by Gasteiger charge is 2.26. The van der Waals surface area contributed by atoms with Gasteiger partial charge >= 0.3 is 0 Å². The minimum absolute atomic E-state index is 0.307. The summed E-state index contributed by atoms with van der Waals surface area (Å²) < 4.78 is 0. The van der Waals surface area contributed by atoms with E-state index in [0.717, 1.165) is 11.1 Å². The van der Waals surface area contributed by atoms with Gasteiger partial charge in [-0.05, 0) is 11.1 Å². The van der Waals surface area contributed by atoms with Gasteiger partial charge in [0, 0.05) is 12.0 Å². The van der Waals surface area contributed by atoms with Crippen molar-refractivity contribution in [3.63, 3.8) is 0 Å². The summed E-state index contributed by atoms with van der Waals surface area (Å²) in [5.41, 5.74) is 2.48. The highest BCUT2D eigenvalue weighted by molar-refractivity contribution is 7.18. The lowest BCUT2D eigenvalue weighted by Gasteiger charge is -2.20. The molecule has 0 bridgehead atoms. The van der Waals surface area contributed by atoms with Crippen molar-refractivity contribution < 1.29 is 9.59 Å². The van der Waals surface area contributed by atoms with Crippen molar-refractivity contribution in [1.82, 2.24) is 15.5 Å². The van der Waals surface area contributed by atoms with Gasteiger partial charge in [-0.3, -0.25) is 14.9 Å². The molecule has 4 rings (SSSR count). The third kappa shape index (κ3) is 6.03. The Morgan fingerprint density at radius 1 is 0.818 bits per heavy atom. The van der Waals surface area contributed by atoms with Crippen molar-refractivity contribution in [1.29, 1.82) is 0 Å². The van der Waals surface area contributed by atoms with Crippen LogP contribution in [0.25, 0.3) is 10.6 Å². The molecule has 4 aromatic rings. The Balaban J connectivity index is 1.50. The fourth-order valence-corrected chi connectivity index (χ4v) is 4.20. The summed E-state index contributed by atoms with van der Waals surface area (Å²) in [4.78, 5) is 26.0. The lowest BCUT2D eigenvalue weighted by Crippen LogP contribution is -2.46. The van der Waals surface area contributed by atoms with Crippen LogP contribution in [0.3, 0.4) is 0 Å². The molecule has 33 heavy (non-hydrogen) atoms. The number of benzene rings is 3. The molecule has 2 unspecified atom stereocenters. The van der Waals surface area contributed by atoms with E-state index in [2.05, 4.69) is 20.8 Å². The molecule has 8 heteroatoms. The summed E-state index contributed by atoms with van der Waals surface area (Å²) in [6.07, 6.45) is 0.307. The number of alkyl halides is 1. The van der Waals surface area contributed by atoms with Gasteiger partial charge in [-0.25, -0.2) is 0 Å². The molecule has 0 fully saturated rings. The van der Waals surface area contributed by atoms with E-state index in [1.807, 2.05) is 78.9 Å². The zero-order chi connectivity index (χ0) is 23.0. The topological polar surface area (TPSA) is 84.0 Å². The number of anilines is 1. The maximum Gasteiger partial charge on any atom is 0.249 e. The van der Waals surface area contributed by atoms with E-state index in [1.54, 1.807) is 12.1 Å². The van der Waals surface area contributed by atoms with Crippen LogP contribution in [0.2, 0.25) is 0 Å². The number of nitrogens with one attached hydrogen (secondary N) is 2. The summed E-state index contributed by atoms with van der Waals surface area (Å²) in [5, 5.41) is 14.0. The predicted octanol–water partition coefficient (Wildman–Crippen LogP) is 4.85. The largest absolute Gasteiger partial charge is 0.342 e. The van der Waals surface area contributed by atoms with Crippen LogP contribution >= 0.6 is 22.9 Å². The monoisotopic (exact) mass is 476 g/mol. The average molecular weight is 477 g/mol. The zero-order valence-electron chi connectivity index (χ0n) is 17.5. The maximum absolute atomic E-state index is 13.1. The van der Waals surface area contributed by atoms with E-state index < -0.39 is 17.3 Å². The Bertz CT molecular complexity index is 1200. The molecule has 0 aliphatic rings. The van der Waals surface area contributed by atoms with Crippen molar-refractivity contribution in [2.75, 3.05) is 5.32 Å². The maximum atomic E-state index is 13.1. The highest BCUT2D eigenvalue weighted by atomic mass is 35.5. The fraction of sp³-hybridized carbons (Fsp3) is 0.120. The molecule has 3 aromatic carbocycles. The van der Waals surface area contributed by atoms with Crippen molar-refractivity contribution in [3.05, 3.63) is 102 Å². The van der Waals surface area contributed by atoms with E-state index >= 15 is 0 Å². The van der Waals surface area contributed by atoms with Crippen molar-refractivity contribution in [2.45, 2.75) is 17.8 Å². The lowest BCUT2D eigenvalue weighted by atomic mass is 10.0. The zero-order valence-corrected chi connectivity index (χ0v) is 19.1. The van der Waals surface area contributed by atoms with Crippen LogP contribution in [0.15, 0.2) is 91.0 Å². The smallest absolute Gasteiger partial charge is 0.249 e. The van der Waals surface area contributed by atoms with Crippen LogP contribution in [0.1, 0.15) is 16.5 Å². The number of nitrogens with zero attached hydrogens (tertiary/aromatic N) is 2. The molecule has 0 aliphatic carbocycles. The van der Waals surface area contributed by atoms with Gasteiger partial charge in [0.15, 0.2) is 0 Å². The number of aromatic nitrogens is 2. The Morgan fingerprint density at radius 3 is 2.09 bits per heavy atom. The number of amides is 2. The van der Waals surface area contributed by atoms with E-state index in [4.69, 9.17) is 11.6 Å². The SMILES string of the molecule is O=C(Nc1nnc(-c2ccccc2)s1)C(Cc1ccccc1)NC(=O)C(Cl)c1ccccc1. The van der Waals surface area contributed by atoms with Gasteiger partial charge in [0.2, 0.25) is 16.9 Å². The second-order valence-corrected chi connectivity index (χ2v) is 8.71. The first kappa shape index (κ1) is 22.6. The number of hydrogen-bond acceptors (Lipinski definition) is 5. The molecule has 0 radical (unpaired) electrons. The summed E-state index contributed by atoms with van der Waals surface area (Å²) >= 11 is 7.64. The number of carbonyl (C=O) groups is 2. The van der Waals surface area contributed by atoms with Gasteiger partial charge in [0.25, 0.3) is 0 Å². The second-order valence-electron chi connectivity index (χ2n) is 7.29. The lowest BCUT2D eigenvalue weighted by molar-refractivity contribution is -0.126. The molecular formula is C25H21ClN4O2S. The average Bonchev–Trinajstić information content (AvgIpc) is 3.33. The summed E-state index contributed by atoms with van der Waals surface area (Å²) in [5.74, 6) is -0.832. The Morgan fingerprint density at radius 2 is 1.42 bits per heavy atom. The number of carbonyl (C=O) groups excluding carboxylic acids is 2. The minimum Gasteiger partial charge on any atom is -0.342 e. The van der Waals surface area contributed by atoms with Gasteiger partial charge in [0.05, 0.1) is 0 Å². The molecule has 6 nitrogen and oxygen atoms in total. The number of rotatable bonds is 8. The number of halogens is 1. The molecule has 0 aliphatic heterocycles. The highest BCUT2D eigenvalue weighted by Crippen LogP contribution is 2.26. The van der Waals surface area contributed by atoms with Crippen LogP contribution in [-0.2, 0) is 16.0 Å². The Hall–Kier alpha value is -3.55. The van der Waals surface area contributed by atoms with E-state index in [9.17, 15) is 9.59 Å². The van der Waals surface area contributed by atoms with Gasteiger partial charge in [-0.2, -0.15) is 0 Å². The van der Waals surface area contributed by atoms with Crippen LogP contribution in [-0.4, -0.2) is 28.1 Å². The molecular weight excluding hydrogens is 456 g/mol. The van der Waals surface area contributed by atoms with Crippen LogP contribution in [0, 0.1) is 0 Å². The second kappa shape index (κ2) is 10.8. The van der Waals surface area contributed by atoms with Gasteiger partial charge in [-0.1, -0.05) is 102 Å². The molecule has 2 amide bonds. The summed E-state index contributed by atoms with van der Waals surface area (Å²) in [7, 11) is 0. The molecule has 1 heterocycles. The quantitative estimate of drug-likeness (QED) is 0.356. The van der Waals surface area contributed by atoms with E-state index in [-0.39, 0.29) is 5.91 Å². The first-order chi connectivity index (χ1) is 16.1. The fourth-order valence-electron chi connectivity index (χ4n) is 3.24. The van der Waals surface area contributed by atoms with Crippen molar-refractivity contribution in [2.24, 2.45) is 0 Å². The normalized spacial score (nSPS) is 12.5. The van der Waals surface area contributed by atoms with Crippen molar-refractivity contribution >= 4 is 39.9 Å². The first-order valence-corrected chi connectivity index (χ1v) is 11.6. The minimum atomic E-state index is -0.913. The first-order valence-electron chi connectivity index (χ1n) is 10.3. The summed E-state index contributed by atoms with van der Waals surface area (Å²) in [6, 6.07) is 27.3. The van der Waals surface area contributed by atoms with Gasteiger partial charge in [0.1, 0.15) is 16.4 Å². The van der Waals surface area contributed by atoms with Crippen LogP contribution < -0.4 is 10.6 Å². The Labute approximate surface area is 200 Å². The predicted molar refractivity (Wildman–Crippen MR) is 131 cm³/mol. The molecule has 2 atom stereocenters. The third-order valence-corrected chi connectivity index (χ3v) is 6.25. The van der Waals surface area contributed by atoms with Gasteiger partial charge in [-0.15, -0.1) is 21.8 Å². The van der Waals surface area contributed by atoms with E-state index in [0.29, 0.717) is 22.1 Å². The molecule has 0 spiro atoms.